The van der Waals surface area contributed by atoms with Gasteiger partial charge in [0.25, 0.3) is 0 Å². The maximum atomic E-state index is 4.40. The molecule has 0 unspecified atom stereocenters. The molecule has 6 heavy (non-hydrogen) atoms. The van der Waals surface area contributed by atoms with E-state index in [4.69, 9.17) is 0 Å². The molecule has 0 aromatic heterocycles. The van der Waals surface area contributed by atoms with Crippen molar-refractivity contribution in [3.8, 4) is 0 Å². The second-order valence-electron chi connectivity index (χ2n) is 0.809. The lowest BCUT2D eigenvalue weighted by Gasteiger charge is -1.88. The number of hydrogen-bond acceptors (Lipinski definition) is 2. The van der Waals surface area contributed by atoms with Crippen molar-refractivity contribution in [2.24, 2.45) is 5.16 Å². The van der Waals surface area contributed by atoms with E-state index in [0.29, 0.717) is 0 Å². The smallest absolute Gasteiger partial charge is 0.119 e. The molecule has 0 aromatic carbocycles. The number of allylic oxidation sites excluding steroid dienone is 1. The summed E-state index contributed by atoms with van der Waals surface area (Å²) in [5.74, 6) is 0. The summed E-state index contributed by atoms with van der Waals surface area (Å²) in [7, 11) is 0. The van der Waals surface area contributed by atoms with Crippen LogP contribution in [0.25, 0.3) is 0 Å². The SMILES string of the molecule is [C]1C=CON=C1. The molecule has 2 nitrogen and oxygen atoms in total. The molecule has 1 rings (SSSR count). The van der Waals surface area contributed by atoms with E-state index in [1.807, 2.05) is 0 Å². The Balaban J connectivity index is 2.40. The Bertz CT molecular complexity index is 65.5. The summed E-state index contributed by atoms with van der Waals surface area (Å²) in [6, 6.07) is 0. The van der Waals surface area contributed by atoms with Crippen molar-refractivity contribution in [3.63, 3.8) is 0 Å². The van der Waals surface area contributed by atoms with Gasteiger partial charge in [-0.05, 0) is 6.08 Å². The van der Waals surface area contributed by atoms with Crippen LogP contribution in [0.1, 0.15) is 0 Å². The fourth-order valence-electron chi connectivity index (χ4n) is 0.209. The molecule has 0 saturated carbocycles. The monoisotopic (exact) mass is 81.0 g/mol. The fraction of sp³-hybridized carbons (Fsp3) is 0. The number of rotatable bonds is 0. The van der Waals surface area contributed by atoms with Crippen molar-refractivity contribution in [3.05, 3.63) is 18.8 Å². The highest BCUT2D eigenvalue weighted by Crippen LogP contribution is 1.86. The topological polar surface area (TPSA) is 21.6 Å². The molecule has 1 aliphatic heterocycles. The van der Waals surface area contributed by atoms with Crippen LogP contribution in [-0.2, 0) is 4.84 Å². The standard InChI is InChI=1S/C4H3NO/c1-2-4-6-5-3-1/h2-4H. The molecule has 0 amide bonds. The summed E-state index contributed by atoms with van der Waals surface area (Å²) in [6.07, 6.45) is 7.25. The van der Waals surface area contributed by atoms with Gasteiger partial charge in [-0.15, -0.1) is 0 Å². The van der Waals surface area contributed by atoms with Crippen molar-refractivity contribution >= 4 is 6.21 Å². The second-order valence-corrected chi connectivity index (χ2v) is 0.809. The highest BCUT2D eigenvalue weighted by molar-refractivity contribution is 5.70. The van der Waals surface area contributed by atoms with Crippen molar-refractivity contribution in [2.75, 3.05) is 0 Å². The van der Waals surface area contributed by atoms with Crippen LogP contribution in [0.2, 0.25) is 0 Å². The van der Waals surface area contributed by atoms with Crippen molar-refractivity contribution in [1.29, 1.82) is 0 Å². The average Bonchev–Trinajstić information content (AvgIpc) is 1.72. The average molecular weight is 81.1 g/mol. The minimum Gasteiger partial charge on any atom is -0.365 e. The molecule has 0 aliphatic carbocycles. The Kier molecular flexibility index (Phi) is 0.906. The van der Waals surface area contributed by atoms with E-state index < -0.39 is 0 Å². The van der Waals surface area contributed by atoms with Crippen LogP contribution in [-0.4, -0.2) is 6.21 Å². The van der Waals surface area contributed by atoms with E-state index in [9.17, 15) is 0 Å². The molecule has 0 spiro atoms. The normalized spacial score (nSPS) is 17.3. The second kappa shape index (κ2) is 1.60. The molecule has 0 N–H and O–H groups in total. The van der Waals surface area contributed by atoms with Crippen LogP contribution in [0.4, 0.5) is 0 Å². The Morgan fingerprint density at radius 3 is 2.83 bits per heavy atom. The van der Waals surface area contributed by atoms with Crippen LogP contribution >= 0.6 is 0 Å². The summed E-state index contributed by atoms with van der Waals surface area (Å²) < 4.78 is 0. The molecule has 0 atom stereocenters. The van der Waals surface area contributed by atoms with Gasteiger partial charge in [-0.1, -0.05) is 5.16 Å². The first-order valence-corrected chi connectivity index (χ1v) is 1.59. The molecule has 0 fully saturated rings. The summed E-state index contributed by atoms with van der Waals surface area (Å²) in [4.78, 5) is 4.40. The summed E-state index contributed by atoms with van der Waals surface area (Å²) in [6.45, 7) is 0. The Labute approximate surface area is 36.1 Å². The van der Waals surface area contributed by atoms with Crippen LogP contribution in [0.5, 0.6) is 0 Å². The zero-order chi connectivity index (χ0) is 4.24. The Hall–Kier alpha value is -0.790. The first-order valence-electron chi connectivity index (χ1n) is 1.59. The summed E-state index contributed by atoms with van der Waals surface area (Å²) >= 11 is 0. The van der Waals surface area contributed by atoms with E-state index in [0.717, 1.165) is 0 Å². The molecule has 0 saturated heterocycles. The molecule has 2 radical (unpaired) electrons. The maximum absolute atomic E-state index is 4.40. The molecular weight excluding hydrogens is 78.0 g/mol. The van der Waals surface area contributed by atoms with Gasteiger partial charge in [0.05, 0.1) is 12.6 Å². The molecular formula is C4H3NO. The van der Waals surface area contributed by atoms with Crippen molar-refractivity contribution < 1.29 is 4.84 Å². The lowest BCUT2D eigenvalue weighted by atomic mass is 10.4. The van der Waals surface area contributed by atoms with Gasteiger partial charge in [0.15, 0.2) is 0 Å². The minimum atomic E-state index is 1.46. The number of hydrogen-bond donors (Lipinski definition) is 0. The third-order valence-corrected chi connectivity index (χ3v) is 0.413. The first kappa shape index (κ1) is 3.40. The predicted octanol–water partition coefficient (Wildman–Crippen LogP) is 0.597. The Morgan fingerprint density at radius 2 is 2.67 bits per heavy atom. The third kappa shape index (κ3) is 0.578. The van der Waals surface area contributed by atoms with Crippen LogP contribution in [0.3, 0.4) is 0 Å². The van der Waals surface area contributed by atoms with E-state index >= 15 is 0 Å². The summed E-state index contributed by atoms with van der Waals surface area (Å²) in [5, 5.41) is 3.35. The van der Waals surface area contributed by atoms with Crippen LogP contribution < -0.4 is 0 Å². The summed E-state index contributed by atoms with van der Waals surface area (Å²) in [5.41, 5.74) is 0. The van der Waals surface area contributed by atoms with Crippen molar-refractivity contribution in [1.82, 2.24) is 0 Å². The van der Waals surface area contributed by atoms with E-state index in [1.165, 1.54) is 12.5 Å². The lowest BCUT2D eigenvalue weighted by molar-refractivity contribution is 0.267. The van der Waals surface area contributed by atoms with Gasteiger partial charge < -0.3 is 4.84 Å². The van der Waals surface area contributed by atoms with Gasteiger partial charge in [-0.2, -0.15) is 0 Å². The minimum absolute atomic E-state index is 1.46. The van der Waals surface area contributed by atoms with Gasteiger partial charge in [0.2, 0.25) is 0 Å². The predicted molar refractivity (Wildman–Crippen MR) is 22.0 cm³/mol. The van der Waals surface area contributed by atoms with E-state index in [1.54, 1.807) is 6.08 Å². The zero-order valence-electron chi connectivity index (χ0n) is 3.09. The van der Waals surface area contributed by atoms with E-state index in [-0.39, 0.29) is 0 Å². The first-order chi connectivity index (χ1) is 3.00. The van der Waals surface area contributed by atoms with Crippen LogP contribution in [0.15, 0.2) is 17.5 Å². The van der Waals surface area contributed by atoms with Gasteiger partial charge in [-0.25, -0.2) is 0 Å². The zero-order valence-corrected chi connectivity index (χ0v) is 3.09. The third-order valence-electron chi connectivity index (χ3n) is 0.413. The molecule has 30 valence electrons. The largest absolute Gasteiger partial charge is 0.365 e. The maximum Gasteiger partial charge on any atom is 0.119 e. The number of nitrogens with zero attached hydrogens (tertiary/aromatic N) is 1. The van der Waals surface area contributed by atoms with Gasteiger partial charge in [-0.3, -0.25) is 0 Å². The quantitative estimate of drug-likeness (QED) is 0.418. The highest BCUT2D eigenvalue weighted by Gasteiger charge is 1.78. The van der Waals surface area contributed by atoms with Gasteiger partial charge >= 0.3 is 0 Å². The Morgan fingerprint density at radius 1 is 1.67 bits per heavy atom. The highest BCUT2D eigenvalue weighted by atomic mass is 16.6. The molecule has 1 heterocycles. The lowest BCUT2D eigenvalue weighted by Crippen LogP contribution is -1.79. The van der Waals surface area contributed by atoms with Gasteiger partial charge in [0.1, 0.15) is 6.26 Å². The molecule has 1 aliphatic rings. The number of oxime groups is 1. The molecule has 0 bridgehead atoms. The van der Waals surface area contributed by atoms with Gasteiger partial charge in [0, 0.05) is 0 Å². The van der Waals surface area contributed by atoms with Crippen molar-refractivity contribution in [2.45, 2.75) is 0 Å². The van der Waals surface area contributed by atoms with E-state index in [2.05, 4.69) is 16.4 Å². The molecule has 0 aromatic rings. The van der Waals surface area contributed by atoms with Crippen LogP contribution in [0, 0.1) is 6.42 Å². The fourth-order valence-corrected chi connectivity index (χ4v) is 0.209. The molecule has 2 heteroatoms.